The molecule has 0 radical (unpaired) electrons. The first-order valence-corrected chi connectivity index (χ1v) is 59.6. The third-order valence-corrected chi connectivity index (χ3v) is 23.9. The summed E-state index contributed by atoms with van der Waals surface area (Å²) in [6, 6.07) is 0. The van der Waals surface area contributed by atoms with Crippen LogP contribution in [0.25, 0.3) is 0 Å². The number of carbonyl (C=O) groups excluding carboxylic acids is 5. The van der Waals surface area contributed by atoms with Crippen molar-refractivity contribution in [2.75, 3.05) is 19.8 Å². The molecule has 0 aliphatic heterocycles. The molecule has 3 atom stereocenters. The van der Waals surface area contributed by atoms with Crippen molar-refractivity contribution < 1.29 is 38.2 Å². The molecular weight excluding hydrogens is 1820 g/mol. The van der Waals surface area contributed by atoms with E-state index in [1.54, 1.807) is 0 Å². The highest BCUT2D eigenvalue weighted by Gasteiger charge is 2.25. The molecule has 0 saturated carbocycles. The summed E-state index contributed by atoms with van der Waals surface area (Å²) in [6.07, 6.45) is 155. The number of hydrogen-bond acceptors (Lipinski definition) is 8. The van der Waals surface area contributed by atoms with Crippen LogP contribution in [0.3, 0.4) is 0 Å². The van der Waals surface area contributed by atoms with Crippen molar-refractivity contribution in [3.63, 3.8) is 0 Å². The molecule has 149 heavy (non-hydrogen) atoms. The van der Waals surface area contributed by atoms with E-state index in [2.05, 4.69) is 432 Å². The fraction of sp³-hybridized carbons (Fsp3) is 0.650. The number of ketones is 1. The Labute approximate surface area is 925 Å². The van der Waals surface area contributed by atoms with Gasteiger partial charge in [-0.3, -0.25) is 24.0 Å². The Morgan fingerprint density at radius 3 is 0.758 bits per heavy atom. The molecule has 1 amide bonds. The zero-order valence-corrected chi connectivity index (χ0v) is 101. The topological polar surface area (TPSA) is 125 Å². The zero-order chi connectivity index (χ0) is 111. The lowest BCUT2D eigenvalue weighted by molar-refractivity contribution is -0.151. The summed E-state index contributed by atoms with van der Waals surface area (Å²) in [7, 11) is 0. The van der Waals surface area contributed by atoms with Crippen molar-refractivity contribution >= 4 is 29.6 Å². The van der Waals surface area contributed by atoms with Crippen LogP contribution in [0.4, 0.5) is 0 Å². The Morgan fingerprint density at radius 2 is 0.503 bits per heavy atom. The van der Waals surface area contributed by atoms with Gasteiger partial charge >= 0.3 is 17.9 Å². The molecular formula is C140H239NO8. The molecule has 0 aromatic carbocycles. The Balaban J connectivity index is -0.000000428. The second kappa shape index (κ2) is 115. The highest BCUT2D eigenvalue weighted by molar-refractivity contribution is 5.78. The van der Waals surface area contributed by atoms with E-state index in [9.17, 15) is 24.0 Å². The van der Waals surface area contributed by atoms with Crippen molar-refractivity contribution in [2.45, 2.75) is 532 Å². The van der Waals surface area contributed by atoms with Gasteiger partial charge in [0.1, 0.15) is 11.9 Å². The summed E-state index contributed by atoms with van der Waals surface area (Å²) in [6.45, 7) is 52.5. The number of hydrogen-bond donors (Lipinski definition) is 1. The van der Waals surface area contributed by atoms with Crippen LogP contribution in [0.15, 0.2) is 267 Å². The lowest BCUT2D eigenvalue weighted by Crippen LogP contribution is -2.26. The molecule has 852 valence electrons. The van der Waals surface area contributed by atoms with Gasteiger partial charge in [-0.1, -0.05) is 485 Å². The van der Waals surface area contributed by atoms with Crippen molar-refractivity contribution in [2.24, 2.45) is 38.9 Å². The first kappa shape index (κ1) is 151. The first-order valence-electron chi connectivity index (χ1n) is 59.6. The van der Waals surface area contributed by atoms with Gasteiger partial charge in [-0.25, -0.2) is 0 Å². The second-order valence-electron chi connectivity index (χ2n) is 45.5. The number of unbranched alkanes of at least 4 members (excludes halogenated alkanes) is 16. The fourth-order valence-electron chi connectivity index (χ4n) is 15.1. The van der Waals surface area contributed by atoms with Gasteiger partial charge in [0.25, 0.3) is 0 Å². The van der Waals surface area contributed by atoms with E-state index < -0.39 is 0 Å². The van der Waals surface area contributed by atoms with E-state index in [1.807, 2.05) is 0 Å². The molecule has 0 spiro atoms. The Bertz CT molecular complexity index is 3730. The number of Topliss-reactive ketones (excluding diaryl/α,β-unsaturated/α-hetero) is 1. The first-order chi connectivity index (χ1) is 71.1. The van der Waals surface area contributed by atoms with Crippen LogP contribution in [0.1, 0.15) is 526 Å². The molecule has 1 N–H and O–H groups in total. The van der Waals surface area contributed by atoms with Crippen molar-refractivity contribution in [3.05, 3.63) is 267 Å². The maximum atomic E-state index is 12.0. The van der Waals surface area contributed by atoms with Crippen molar-refractivity contribution in [3.8, 4) is 0 Å². The maximum Gasteiger partial charge on any atom is 0.306 e. The predicted octanol–water partition coefficient (Wildman–Crippen LogP) is 44.0. The minimum Gasteiger partial charge on any atom is -0.465 e. The maximum absolute atomic E-state index is 12.0. The molecule has 0 aliphatic carbocycles. The Morgan fingerprint density at radius 1 is 0.248 bits per heavy atom. The molecule has 0 aliphatic rings. The van der Waals surface area contributed by atoms with E-state index in [-0.39, 0.29) is 59.0 Å². The van der Waals surface area contributed by atoms with Crippen LogP contribution < -0.4 is 5.32 Å². The molecule has 0 saturated heterocycles. The number of esters is 3. The van der Waals surface area contributed by atoms with Gasteiger partial charge in [-0.05, 0) is 309 Å². The largest absolute Gasteiger partial charge is 0.465 e. The van der Waals surface area contributed by atoms with Crippen LogP contribution in [-0.2, 0) is 38.2 Å². The quantitative estimate of drug-likeness (QED) is 0.0276. The number of allylic oxidation sites excluding steroid dienone is 44. The van der Waals surface area contributed by atoms with E-state index >= 15 is 0 Å². The highest BCUT2D eigenvalue weighted by Crippen LogP contribution is 2.30. The Kier molecular flexibility index (Phi) is 117. The van der Waals surface area contributed by atoms with Crippen LogP contribution in [0.2, 0.25) is 0 Å². The summed E-state index contributed by atoms with van der Waals surface area (Å²) in [4.78, 5) is 59.3. The smallest absolute Gasteiger partial charge is 0.306 e. The summed E-state index contributed by atoms with van der Waals surface area (Å²) >= 11 is 0. The van der Waals surface area contributed by atoms with Gasteiger partial charge in [0, 0.05) is 45.1 Å². The number of nitrogens with one attached hydrogen (secondary N) is 1. The minimum absolute atomic E-state index is 0. The van der Waals surface area contributed by atoms with E-state index in [1.165, 1.54) is 103 Å². The number of carbonyl (C=O) groups is 5. The van der Waals surface area contributed by atoms with Gasteiger partial charge < -0.3 is 19.5 Å². The molecule has 3 unspecified atom stereocenters. The summed E-state index contributed by atoms with van der Waals surface area (Å²) in [5.74, 6) is 1.25. The van der Waals surface area contributed by atoms with Gasteiger partial charge in [-0.2, -0.15) is 0 Å². The lowest BCUT2D eigenvalue weighted by Gasteiger charge is -2.29. The Hall–Kier alpha value is -8.17. The van der Waals surface area contributed by atoms with Crippen LogP contribution in [0.5, 0.6) is 0 Å². The zero-order valence-electron chi connectivity index (χ0n) is 101. The molecule has 0 aromatic rings. The SMILES string of the molecule is C.CC/C=C\C/C=C\C/C=C\C/C=C\C/C=C\C/C=C\CCC(=O)CCCC(C)(C)C.CCCCC/C=C\C/C=C\C/C=C\C/C=C\CCCC(=O)NCCC(C)(C)C.CCCCC/C=C\C/C=C\C/C=C\C/C=C\CCCC(=O)OC(CC)CC(C)(C)C.CCCCC/C=C\C/C=C\C/C=C\C/C=C\CCCC(=O)OCC(C)CC(C)(C)C.CCCCC/C=C\C/C=C\C/C=C\C/C=C\CCCC(=O)OCC(CC)C(C)(C)C. The monoisotopic (exact) mass is 2060 g/mol. The van der Waals surface area contributed by atoms with Crippen LogP contribution >= 0.6 is 0 Å². The summed E-state index contributed by atoms with van der Waals surface area (Å²) < 4.78 is 16.5. The van der Waals surface area contributed by atoms with Crippen molar-refractivity contribution in [1.29, 1.82) is 0 Å². The van der Waals surface area contributed by atoms with Gasteiger partial charge in [-0.15, -0.1) is 0 Å². The van der Waals surface area contributed by atoms with Gasteiger partial charge in [0.2, 0.25) is 5.91 Å². The third-order valence-electron chi connectivity index (χ3n) is 23.9. The average Bonchev–Trinajstić information content (AvgIpc) is 0.890. The fourth-order valence-corrected chi connectivity index (χ4v) is 15.1. The van der Waals surface area contributed by atoms with E-state index in [0.29, 0.717) is 68.4 Å². The lowest BCUT2D eigenvalue weighted by atomic mass is 9.80. The molecule has 0 bridgehead atoms. The molecule has 9 heteroatoms. The predicted molar refractivity (Wildman–Crippen MR) is 666 cm³/mol. The van der Waals surface area contributed by atoms with Gasteiger partial charge in [0.05, 0.1) is 13.2 Å². The number of rotatable bonds is 84. The molecule has 0 heterocycles. The minimum atomic E-state index is -0.0633. The number of amides is 1. The standard InChI is InChI=1S/C29H46O.3C28H48O2.C26H45NO.CH4/c1-5-6-7-8-9-10-11-12-13-14-15-16-17-18-19-20-21-22-23-25-28(30)26-24-27-29(2,3)4;1-6-7-8-9-10-11-12-13-14-15-16-17-18-19-20-21-22-23-27(29)30-25-26(2)24-28(3,4)5;1-6-8-9-10-11-12-13-14-15-16-17-18-19-20-21-22-23-24-27(29)30-25-26(7-2)28(3,4)5;1-6-8-9-10-11-12-13-14-15-16-17-18-19-20-21-22-23-24-27(29)30-26(7-2)25-28(3,4)5;1-5-6-7-8-9-10-11-12-13-14-15-16-17-18-19-20-21-22-25(28)27-24-23-26(2,3)4;/h6-7,9-10,12-13,15-16,18-19,21-22H,5,8,11,14,17,20,23-27H2,1-4H3;10-11,13-14,16-17,19-20,26H,6-9,12,15,18,21-25H2,1-5H3;2*11-12,14-15,17-18,20-21,26H,6-10,13,16,19,22-25H2,1-5H3;9-10,12-13,15-16,18-19H,5-8,11,14,17,20-24H2,1-4H3,(H,27,28);1H4/b7-6-,10-9-,13-12-,16-15-,19-18-,22-21-;11-10-,14-13-,17-16-,20-19-;2*12-11-,15-14-,18-17-,21-20-;10-9-,13-12-,16-15-,19-18-;. The summed E-state index contributed by atoms with van der Waals surface area (Å²) in [5.41, 5.74) is 1.28. The van der Waals surface area contributed by atoms with Crippen molar-refractivity contribution in [1.82, 2.24) is 5.32 Å². The number of ether oxygens (including phenoxy) is 3. The highest BCUT2D eigenvalue weighted by atomic mass is 16.5. The molecule has 9 nitrogen and oxygen atoms in total. The third kappa shape index (κ3) is 142. The second-order valence-corrected chi connectivity index (χ2v) is 45.5. The molecule has 0 aromatic heterocycles. The van der Waals surface area contributed by atoms with Crippen LogP contribution in [-0.4, -0.2) is 55.5 Å². The summed E-state index contributed by atoms with van der Waals surface area (Å²) in [5, 5.41) is 3.01. The van der Waals surface area contributed by atoms with Gasteiger partial charge in [0.15, 0.2) is 0 Å². The van der Waals surface area contributed by atoms with E-state index in [0.717, 1.165) is 231 Å². The normalized spacial score (nSPS) is 13.5. The molecule has 0 fully saturated rings. The van der Waals surface area contributed by atoms with E-state index in [4.69, 9.17) is 14.2 Å². The average molecular weight is 2060 g/mol. The van der Waals surface area contributed by atoms with Crippen LogP contribution in [0, 0.1) is 38.9 Å². The molecule has 0 rings (SSSR count).